The number of aryl methyl sites for hydroxylation is 1. The van der Waals surface area contributed by atoms with Crippen LogP contribution in [0.5, 0.6) is 0 Å². The van der Waals surface area contributed by atoms with Gasteiger partial charge >= 0.3 is 0 Å². The number of hydrogen-bond acceptors (Lipinski definition) is 1. The normalized spacial score (nSPS) is 15.5. The van der Waals surface area contributed by atoms with Gasteiger partial charge in [0.05, 0.1) is 4.83 Å². The van der Waals surface area contributed by atoms with Crippen molar-refractivity contribution in [3.05, 3.63) is 20.3 Å². The molecule has 0 saturated heterocycles. The fraction of sp³-hybridized carbons (Fsp3) is 0.636. The zero-order valence-corrected chi connectivity index (χ0v) is 12.8. The van der Waals surface area contributed by atoms with Crippen molar-refractivity contribution >= 4 is 43.2 Å². The Morgan fingerprint density at radius 3 is 2.57 bits per heavy atom. The van der Waals surface area contributed by atoms with Gasteiger partial charge in [0.2, 0.25) is 0 Å². The van der Waals surface area contributed by atoms with E-state index in [1.807, 2.05) is 11.3 Å². The SMILES string of the molecule is CCCC(C)C(Br)c1cc(Br)c(C)s1. The lowest BCUT2D eigenvalue weighted by Gasteiger charge is -2.15. The van der Waals surface area contributed by atoms with Crippen LogP contribution in [0, 0.1) is 12.8 Å². The second kappa shape index (κ2) is 5.66. The Morgan fingerprint density at radius 1 is 1.50 bits per heavy atom. The third-order valence-electron chi connectivity index (χ3n) is 2.39. The van der Waals surface area contributed by atoms with Crippen LogP contribution < -0.4 is 0 Å². The zero-order chi connectivity index (χ0) is 10.7. The van der Waals surface area contributed by atoms with Crippen molar-refractivity contribution in [1.82, 2.24) is 0 Å². The van der Waals surface area contributed by atoms with Crippen molar-refractivity contribution < 1.29 is 0 Å². The van der Waals surface area contributed by atoms with Gasteiger partial charge in [0.1, 0.15) is 0 Å². The standard InChI is InChI=1S/C11H16Br2S/c1-4-5-7(2)11(13)10-6-9(12)8(3)14-10/h6-7,11H,4-5H2,1-3H3. The van der Waals surface area contributed by atoms with Crippen LogP contribution in [0.2, 0.25) is 0 Å². The van der Waals surface area contributed by atoms with E-state index in [0.29, 0.717) is 10.7 Å². The van der Waals surface area contributed by atoms with Gasteiger partial charge in [0.25, 0.3) is 0 Å². The van der Waals surface area contributed by atoms with Crippen molar-refractivity contribution in [3.63, 3.8) is 0 Å². The van der Waals surface area contributed by atoms with Crippen LogP contribution in [0.3, 0.4) is 0 Å². The molecule has 0 aromatic carbocycles. The molecule has 1 heterocycles. The van der Waals surface area contributed by atoms with E-state index >= 15 is 0 Å². The Kier molecular flexibility index (Phi) is 5.15. The van der Waals surface area contributed by atoms with Gasteiger partial charge in [0, 0.05) is 14.2 Å². The van der Waals surface area contributed by atoms with Crippen molar-refractivity contribution in [2.75, 3.05) is 0 Å². The smallest absolute Gasteiger partial charge is 0.0515 e. The van der Waals surface area contributed by atoms with Crippen LogP contribution in [-0.2, 0) is 0 Å². The molecule has 1 aromatic heterocycles. The fourth-order valence-corrected chi connectivity index (χ4v) is 3.85. The summed E-state index contributed by atoms with van der Waals surface area (Å²) < 4.78 is 1.24. The molecular formula is C11H16Br2S. The second-order valence-corrected chi connectivity index (χ2v) is 6.85. The molecule has 0 aliphatic rings. The zero-order valence-electron chi connectivity index (χ0n) is 8.81. The molecule has 0 bridgehead atoms. The third kappa shape index (κ3) is 3.07. The van der Waals surface area contributed by atoms with Crippen LogP contribution in [0.4, 0.5) is 0 Å². The molecule has 0 aliphatic heterocycles. The van der Waals surface area contributed by atoms with Gasteiger partial charge in [-0.25, -0.2) is 0 Å². The first kappa shape index (κ1) is 12.7. The van der Waals surface area contributed by atoms with E-state index in [9.17, 15) is 0 Å². The van der Waals surface area contributed by atoms with Gasteiger partial charge in [-0.3, -0.25) is 0 Å². The average molecular weight is 340 g/mol. The molecule has 2 unspecified atom stereocenters. The van der Waals surface area contributed by atoms with Crippen molar-refractivity contribution in [2.45, 2.75) is 38.4 Å². The van der Waals surface area contributed by atoms with E-state index in [0.717, 1.165) is 0 Å². The summed E-state index contributed by atoms with van der Waals surface area (Å²) in [6.07, 6.45) is 2.54. The lowest BCUT2D eigenvalue weighted by atomic mass is 10.0. The Morgan fingerprint density at radius 2 is 2.14 bits per heavy atom. The van der Waals surface area contributed by atoms with Crippen LogP contribution in [-0.4, -0.2) is 0 Å². The van der Waals surface area contributed by atoms with Gasteiger partial charge in [0.15, 0.2) is 0 Å². The molecule has 0 aliphatic carbocycles. The predicted octanol–water partition coefficient (Wildman–Crippen LogP) is 5.69. The van der Waals surface area contributed by atoms with Crippen LogP contribution >= 0.6 is 43.2 Å². The maximum Gasteiger partial charge on any atom is 0.0515 e. The summed E-state index contributed by atoms with van der Waals surface area (Å²) in [4.78, 5) is 3.32. The number of hydrogen-bond donors (Lipinski definition) is 0. The molecular weight excluding hydrogens is 324 g/mol. The summed E-state index contributed by atoms with van der Waals surface area (Å²) >= 11 is 9.23. The lowest BCUT2D eigenvalue weighted by Crippen LogP contribution is -2.00. The lowest BCUT2D eigenvalue weighted by molar-refractivity contribution is 0.522. The average Bonchev–Trinajstić information content (AvgIpc) is 2.46. The maximum absolute atomic E-state index is 3.79. The molecule has 3 heteroatoms. The molecule has 1 aromatic rings. The number of thiophene rings is 1. The number of rotatable bonds is 4. The molecule has 0 fully saturated rings. The summed E-state index contributed by atoms with van der Waals surface area (Å²) in [5.74, 6) is 0.713. The monoisotopic (exact) mass is 338 g/mol. The minimum Gasteiger partial charge on any atom is -0.143 e. The highest BCUT2D eigenvalue weighted by atomic mass is 79.9. The molecule has 0 saturated carbocycles. The molecule has 14 heavy (non-hydrogen) atoms. The molecule has 80 valence electrons. The minimum absolute atomic E-state index is 0.512. The number of halogens is 2. The molecule has 1 rings (SSSR count). The predicted molar refractivity (Wildman–Crippen MR) is 72.5 cm³/mol. The molecule has 0 radical (unpaired) electrons. The first-order valence-electron chi connectivity index (χ1n) is 4.96. The van der Waals surface area contributed by atoms with Crippen LogP contribution in [0.15, 0.2) is 10.5 Å². The molecule has 0 N–H and O–H groups in total. The van der Waals surface area contributed by atoms with Crippen molar-refractivity contribution in [3.8, 4) is 0 Å². The second-order valence-electron chi connectivity index (χ2n) is 3.72. The first-order valence-corrected chi connectivity index (χ1v) is 7.48. The highest BCUT2D eigenvalue weighted by Crippen LogP contribution is 2.40. The van der Waals surface area contributed by atoms with Crippen molar-refractivity contribution in [2.24, 2.45) is 5.92 Å². The minimum atomic E-state index is 0.512. The highest BCUT2D eigenvalue weighted by molar-refractivity contribution is 9.10. The quantitative estimate of drug-likeness (QED) is 0.618. The summed E-state index contributed by atoms with van der Waals surface area (Å²) in [7, 11) is 0. The van der Waals surface area contributed by atoms with Crippen LogP contribution in [0.1, 0.15) is 41.3 Å². The largest absolute Gasteiger partial charge is 0.143 e. The van der Waals surface area contributed by atoms with Gasteiger partial charge in [-0.2, -0.15) is 0 Å². The summed E-state index contributed by atoms with van der Waals surface area (Å²) in [5.41, 5.74) is 0. The van der Waals surface area contributed by atoms with E-state index < -0.39 is 0 Å². The third-order valence-corrected chi connectivity index (χ3v) is 6.31. The maximum atomic E-state index is 3.79. The van der Waals surface area contributed by atoms with Crippen molar-refractivity contribution in [1.29, 1.82) is 0 Å². The van der Waals surface area contributed by atoms with Gasteiger partial charge < -0.3 is 0 Å². The van der Waals surface area contributed by atoms with Crippen LogP contribution in [0.25, 0.3) is 0 Å². The summed E-state index contributed by atoms with van der Waals surface area (Å²) in [5, 5.41) is 0. The van der Waals surface area contributed by atoms with E-state index in [1.165, 1.54) is 27.1 Å². The number of alkyl halides is 1. The summed E-state index contributed by atoms with van der Waals surface area (Å²) in [6.45, 7) is 6.71. The topological polar surface area (TPSA) is 0 Å². The van der Waals surface area contributed by atoms with E-state index in [2.05, 4.69) is 58.7 Å². The first-order chi connectivity index (χ1) is 6.56. The van der Waals surface area contributed by atoms with Gasteiger partial charge in [-0.15, -0.1) is 11.3 Å². The molecule has 0 spiro atoms. The van der Waals surface area contributed by atoms with Gasteiger partial charge in [-0.1, -0.05) is 36.2 Å². The Bertz CT molecular complexity index is 274. The van der Waals surface area contributed by atoms with E-state index in [-0.39, 0.29) is 0 Å². The summed E-state index contributed by atoms with van der Waals surface area (Å²) in [6, 6.07) is 2.24. The fourth-order valence-electron chi connectivity index (χ4n) is 1.50. The van der Waals surface area contributed by atoms with E-state index in [4.69, 9.17) is 0 Å². The Labute approximate surface area is 107 Å². The Hall–Kier alpha value is 0.660. The molecule has 0 nitrogen and oxygen atoms in total. The van der Waals surface area contributed by atoms with E-state index in [1.54, 1.807) is 0 Å². The molecule has 0 amide bonds. The highest BCUT2D eigenvalue weighted by Gasteiger charge is 2.18. The van der Waals surface area contributed by atoms with Gasteiger partial charge in [-0.05, 0) is 41.3 Å². The molecule has 2 atom stereocenters. The Balaban J connectivity index is 2.73.